The van der Waals surface area contributed by atoms with E-state index in [9.17, 15) is 4.79 Å². The number of piperidine rings is 1. The fourth-order valence-corrected chi connectivity index (χ4v) is 2.56. The summed E-state index contributed by atoms with van der Waals surface area (Å²) < 4.78 is 0. The van der Waals surface area contributed by atoms with Crippen molar-refractivity contribution in [3.05, 3.63) is 30.6 Å². The van der Waals surface area contributed by atoms with Gasteiger partial charge in [0.05, 0.1) is 12.1 Å². The third-order valence-corrected chi connectivity index (χ3v) is 3.66. The number of benzene rings is 1. The van der Waals surface area contributed by atoms with Crippen molar-refractivity contribution in [3.8, 4) is 0 Å². The Morgan fingerprint density at radius 1 is 1.15 bits per heavy atom. The maximum absolute atomic E-state index is 12.1. The van der Waals surface area contributed by atoms with E-state index in [2.05, 4.69) is 15.3 Å². The van der Waals surface area contributed by atoms with Gasteiger partial charge in [-0.05, 0) is 31.4 Å². The van der Waals surface area contributed by atoms with E-state index in [0.717, 1.165) is 42.7 Å². The summed E-state index contributed by atoms with van der Waals surface area (Å²) in [6.45, 7) is 2.05. The van der Waals surface area contributed by atoms with Crippen molar-refractivity contribution in [1.29, 1.82) is 0 Å². The number of para-hydroxylation sites is 1. The molecule has 5 nitrogen and oxygen atoms in total. The van der Waals surface area contributed by atoms with E-state index in [0.29, 0.717) is 6.54 Å². The maximum atomic E-state index is 12.1. The minimum atomic E-state index is 0.146. The number of aromatic nitrogens is 2. The normalized spacial score (nSPS) is 15.3. The van der Waals surface area contributed by atoms with E-state index in [1.165, 1.54) is 12.7 Å². The van der Waals surface area contributed by atoms with Crippen LogP contribution in [0.2, 0.25) is 0 Å². The molecular formula is C15H18N4O. The van der Waals surface area contributed by atoms with Gasteiger partial charge < -0.3 is 10.2 Å². The average molecular weight is 270 g/mol. The molecule has 0 atom stereocenters. The molecule has 1 aromatic carbocycles. The predicted molar refractivity (Wildman–Crippen MR) is 78.5 cm³/mol. The van der Waals surface area contributed by atoms with Gasteiger partial charge in [0.25, 0.3) is 0 Å². The van der Waals surface area contributed by atoms with Gasteiger partial charge in [-0.2, -0.15) is 0 Å². The first-order valence-electron chi connectivity index (χ1n) is 7.06. The van der Waals surface area contributed by atoms with Crippen LogP contribution in [0, 0.1) is 0 Å². The summed E-state index contributed by atoms with van der Waals surface area (Å²) in [5, 5.41) is 4.09. The predicted octanol–water partition coefficient (Wildman–Crippen LogP) is 2.05. The monoisotopic (exact) mass is 270 g/mol. The Balaban J connectivity index is 1.69. The van der Waals surface area contributed by atoms with Crippen LogP contribution in [-0.2, 0) is 4.79 Å². The van der Waals surface area contributed by atoms with Gasteiger partial charge in [0, 0.05) is 18.5 Å². The highest BCUT2D eigenvalue weighted by Crippen LogP contribution is 2.18. The van der Waals surface area contributed by atoms with E-state index >= 15 is 0 Å². The molecule has 0 aliphatic carbocycles. The van der Waals surface area contributed by atoms with E-state index in [1.807, 2.05) is 29.2 Å². The van der Waals surface area contributed by atoms with E-state index < -0.39 is 0 Å². The van der Waals surface area contributed by atoms with E-state index in [-0.39, 0.29) is 5.91 Å². The molecule has 1 amide bonds. The second kappa shape index (κ2) is 5.86. The number of hydrogen-bond donors (Lipinski definition) is 1. The molecule has 1 fully saturated rings. The third-order valence-electron chi connectivity index (χ3n) is 3.66. The maximum Gasteiger partial charge on any atom is 0.241 e. The van der Waals surface area contributed by atoms with E-state index in [1.54, 1.807) is 0 Å². The summed E-state index contributed by atoms with van der Waals surface area (Å²) in [7, 11) is 0. The van der Waals surface area contributed by atoms with Crippen LogP contribution in [0.4, 0.5) is 5.82 Å². The van der Waals surface area contributed by atoms with Crippen molar-refractivity contribution in [2.24, 2.45) is 0 Å². The highest BCUT2D eigenvalue weighted by molar-refractivity contribution is 5.90. The number of likely N-dealkylation sites (tertiary alicyclic amines) is 1. The van der Waals surface area contributed by atoms with Gasteiger partial charge in [-0.1, -0.05) is 12.1 Å². The van der Waals surface area contributed by atoms with Crippen LogP contribution in [0.1, 0.15) is 19.3 Å². The lowest BCUT2D eigenvalue weighted by atomic mass is 10.1. The molecule has 20 heavy (non-hydrogen) atoms. The minimum absolute atomic E-state index is 0.146. The molecule has 104 valence electrons. The quantitative estimate of drug-likeness (QED) is 0.927. The molecule has 5 heteroatoms. The van der Waals surface area contributed by atoms with Gasteiger partial charge in [0.15, 0.2) is 0 Å². The summed E-state index contributed by atoms with van der Waals surface area (Å²) in [5.41, 5.74) is 0.885. The Bertz CT molecular complexity index is 602. The van der Waals surface area contributed by atoms with Gasteiger partial charge >= 0.3 is 0 Å². The van der Waals surface area contributed by atoms with Crippen molar-refractivity contribution < 1.29 is 4.79 Å². The zero-order chi connectivity index (χ0) is 13.8. The third kappa shape index (κ3) is 2.71. The second-order valence-corrected chi connectivity index (χ2v) is 5.03. The van der Waals surface area contributed by atoms with Gasteiger partial charge in [-0.3, -0.25) is 4.79 Å². The summed E-state index contributed by atoms with van der Waals surface area (Å²) in [6, 6.07) is 7.79. The molecule has 1 saturated heterocycles. The second-order valence-electron chi connectivity index (χ2n) is 5.03. The molecule has 2 heterocycles. The molecular weight excluding hydrogens is 252 g/mol. The zero-order valence-electron chi connectivity index (χ0n) is 11.4. The first-order chi connectivity index (χ1) is 9.84. The number of fused-ring (bicyclic) bond motifs is 1. The molecule has 3 rings (SSSR count). The lowest BCUT2D eigenvalue weighted by Crippen LogP contribution is -2.39. The van der Waals surface area contributed by atoms with Crippen molar-refractivity contribution in [1.82, 2.24) is 14.9 Å². The number of nitrogens with zero attached hydrogens (tertiary/aromatic N) is 3. The molecule has 1 aliphatic rings. The number of amides is 1. The topological polar surface area (TPSA) is 58.1 Å². The Kier molecular flexibility index (Phi) is 3.76. The molecule has 0 radical (unpaired) electrons. The fraction of sp³-hybridized carbons (Fsp3) is 0.400. The van der Waals surface area contributed by atoms with Crippen molar-refractivity contribution in [2.45, 2.75) is 19.3 Å². The minimum Gasteiger partial charge on any atom is -0.360 e. The smallest absolute Gasteiger partial charge is 0.241 e. The summed E-state index contributed by atoms with van der Waals surface area (Å²) in [5.74, 6) is 0.869. The molecule has 1 aromatic heterocycles. The number of carbonyl (C=O) groups is 1. The van der Waals surface area contributed by atoms with Gasteiger partial charge in [0.2, 0.25) is 5.91 Å². The summed E-state index contributed by atoms with van der Waals surface area (Å²) in [4.78, 5) is 22.5. The van der Waals surface area contributed by atoms with Crippen LogP contribution in [0.3, 0.4) is 0 Å². The standard InChI is InChI=1S/C15H18N4O/c20-14(19-8-4-1-5-9-19)10-16-15-12-6-2-3-7-13(12)17-11-18-15/h2-3,6-7,11H,1,4-5,8-10H2,(H,16,17,18). The van der Waals surface area contributed by atoms with Crippen molar-refractivity contribution >= 4 is 22.6 Å². The van der Waals surface area contributed by atoms with E-state index in [4.69, 9.17) is 0 Å². The number of nitrogens with one attached hydrogen (secondary N) is 1. The lowest BCUT2D eigenvalue weighted by molar-refractivity contribution is -0.130. The number of hydrogen-bond acceptors (Lipinski definition) is 4. The van der Waals surface area contributed by atoms with Crippen molar-refractivity contribution in [3.63, 3.8) is 0 Å². The first-order valence-corrected chi connectivity index (χ1v) is 7.06. The largest absolute Gasteiger partial charge is 0.360 e. The number of carbonyl (C=O) groups excluding carboxylic acids is 1. The zero-order valence-corrected chi connectivity index (χ0v) is 11.4. The Morgan fingerprint density at radius 3 is 2.80 bits per heavy atom. The van der Waals surface area contributed by atoms with Crippen LogP contribution >= 0.6 is 0 Å². The molecule has 0 saturated carbocycles. The van der Waals surface area contributed by atoms with Crippen molar-refractivity contribution in [2.75, 3.05) is 25.0 Å². The van der Waals surface area contributed by atoms with Crippen LogP contribution in [0.5, 0.6) is 0 Å². The molecule has 0 spiro atoms. The van der Waals surface area contributed by atoms with Crippen LogP contribution in [0.25, 0.3) is 10.9 Å². The highest BCUT2D eigenvalue weighted by Gasteiger charge is 2.16. The summed E-state index contributed by atoms with van der Waals surface area (Å²) in [6.07, 6.45) is 4.98. The molecule has 2 aromatic rings. The average Bonchev–Trinajstić information content (AvgIpc) is 2.53. The molecule has 0 bridgehead atoms. The highest BCUT2D eigenvalue weighted by atomic mass is 16.2. The lowest BCUT2D eigenvalue weighted by Gasteiger charge is -2.26. The Morgan fingerprint density at radius 2 is 1.95 bits per heavy atom. The molecule has 1 N–H and O–H groups in total. The van der Waals surface area contributed by atoms with Crippen LogP contribution in [0.15, 0.2) is 30.6 Å². The molecule has 1 aliphatic heterocycles. The molecule has 0 unspecified atom stereocenters. The van der Waals surface area contributed by atoms with Gasteiger partial charge in [-0.25, -0.2) is 9.97 Å². The van der Waals surface area contributed by atoms with Gasteiger partial charge in [0.1, 0.15) is 12.1 Å². The number of anilines is 1. The summed E-state index contributed by atoms with van der Waals surface area (Å²) >= 11 is 0. The first kappa shape index (κ1) is 12.8. The number of rotatable bonds is 3. The fourth-order valence-electron chi connectivity index (χ4n) is 2.56. The van der Waals surface area contributed by atoms with Crippen LogP contribution < -0.4 is 5.32 Å². The Labute approximate surface area is 118 Å². The Hall–Kier alpha value is -2.17. The van der Waals surface area contributed by atoms with Crippen LogP contribution in [-0.4, -0.2) is 40.4 Å². The SMILES string of the molecule is O=C(CNc1ncnc2ccccc12)N1CCCCC1. The van der Waals surface area contributed by atoms with Gasteiger partial charge in [-0.15, -0.1) is 0 Å².